The van der Waals surface area contributed by atoms with Crippen molar-refractivity contribution in [1.82, 2.24) is 0 Å². The molecule has 0 heterocycles. The van der Waals surface area contributed by atoms with Crippen LogP contribution in [0.1, 0.15) is 44.5 Å². The number of rotatable bonds is 41. The van der Waals surface area contributed by atoms with Gasteiger partial charge in [0.1, 0.15) is 12.4 Å². The predicted octanol–water partition coefficient (Wildman–Crippen LogP) is 6.74. The first kappa shape index (κ1) is 57.9. The molecule has 0 saturated heterocycles. The molecule has 5 rings (SSSR count). The molecule has 71 heavy (non-hydrogen) atoms. The van der Waals surface area contributed by atoms with E-state index in [9.17, 15) is 0 Å². The van der Waals surface area contributed by atoms with E-state index in [4.69, 9.17) is 66.7 Å². The van der Waals surface area contributed by atoms with Crippen molar-refractivity contribution >= 4 is 5.69 Å². The number of methoxy groups -OCH3 is 1. The summed E-state index contributed by atoms with van der Waals surface area (Å²) in [5.74, 6) is 0.787. The molecule has 0 amide bonds. The lowest BCUT2D eigenvalue weighted by Crippen LogP contribution is -2.29. The molecular formula is C56H81NO14. The lowest BCUT2D eigenvalue weighted by molar-refractivity contribution is -0.0190. The monoisotopic (exact) mass is 992 g/mol. The van der Waals surface area contributed by atoms with Gasteiger partial charge in [-0.2, -0.15) is 0 Å². The standard InChI is InChI=1S/C56H81NO14/c1-44-7-12-50-51-13-8-45(2)40-53(51)56(52(50)39-44,48-10-9-46(3)47(41-48)43-70-36-35-68-32-31-66-28-27-64-24-23-62-20-19-60-16-15-58)49-11-14-54(57(4)5)55(42-49)71-38-37-69-34-33-67-30-29-65-26-25-63-22-21-61-18-17-59-6/h7-14,39-42,58H,15-38,43H2,1-6H3. The van der Waals surface area contributed by atoms with Gasteiger partial charge in [0, 0.05) is 21.2 Å². The average molecular weight is 992 g/mol. The number of hydrogen-bond acceptors (Lipinski definition) is 15. The van der Waals surface area contributed by atoms with Crippen LogP contribution in [-0.4, -0.2) is 185 Å². The Morgan fingerprint density at radius 1 is 0.423 bits per heavy atom. The Kier molecular flexibility index (Phi) is 27.4. The summed E-state index contributed by atoms with van der Waals surface area (Å²) in [5.41, 5.74) is 12.2. The highest BCUT2D eigenvalue weighted by Crippen LogP contribution is 2.57. The van der Waals surface area contributed by atoms with Gasteiger partial charge in [-0.3, -0.25) is 0 Å². The molecule has 0 unspecified atom stereocenters. The molecule has 15 heteroatoms. The van der Waals surface area contributed by atoms with Crippen molar-refractivity contribution in [1.29, 1.82) is 0 Å². The molecule has 1 aliphatic rings. The van der Waals surface area contributed by atoms with E-state index >= 15 is 0 Å². The van der Waals surface area contributed by atoms with E-state index in [0.29, 0.717) is 159 Å². The van der Waals surface area contributed by atoms with E-state index < -0.39 is 5.41 Å². The number of anilines is 1. The van der Waals surface area contributed by atoms with E-state index in [1.54, 1.807) is 7.11 Å². The van der Waals surface area contributed by atoms with Crippen LogP contribution in [0.2, 0.25) is 0 Å². The number of ether oxygens (including phenoxy) is 13. The summed E-state index contributed by atoms with van der Waals surface area (Å²) in [6.07, 6.45) is 0. The first-order valence-corrected chi connectivity index (χ1v) is 25.0. The van der Waals surface area contributed by atoms with Crippen LogP contribution in [0, 0.1) is 20.8 Å². The molecule has 394 valence electrons. The van der Waals surface area contributed by atoms with Crippen LogP contribution in [0.3, 0.4) is 0 Å². The molecule has 0 saturated carbocycles. The summed E-state index contributed by atoms with van der Waals surface area (Å²) in [6.45, 7) is 17.9. The second-order valence-corrected chi connectivity index (χ2v) is 17.3. The number of aliphatic hydroxyl groups excluding tert-OH is 1. The number of fused-ring (bicyclic) bond motifs is 3. The second kappa shape index (κ2) is 33.6. The molecule has 0 spiro atoms. The molecule has 4 aromatic carbocycles. The van der Waals surface area contributed by atoms with Crippen molar-refractivity contribution < 1.29 is 66.7 Å². The molecular weight excluding hydrogens is 911 g/mol. The fourth-order valence-electron chi connectivity index (χ4n) is 8.31. The maximum Gasteiger partial charge on any atom is 0.143 e. The maximum absolute atomic E-state index is 8.73. The van der Waals surface area contributed by atoms with Gasteiger partial charge in [-0.05, 0) is 77.4 Å². The van der Waals surface area contributed by atoms with E-state index in [0.717, 1.165) is 33.7 Å². The third kappa shape index (κ3) is 18.8. The van der Waals surface area contributed by atoms with Gasteiger partial charge in [0.25, 0.3) is 0 Å². The fraction of sp³-hybridized carbons (Fsp3) is 0.571. The van der Waals surface area contributed by atoms with E-state index in [1.165, 1.54) is 33.4 Å². The largest absolute Gasteiger partial charge is 0.489 e. The van der Waals surface area contributed by atoms with Gasteiger partial charge in [-0.15, -0.1) is 0 Å². The molecule has 0 atom stereocenters. The summed E-state index contributed by atoms with van der Waals surface area (Å²) in [7, 11) is 5.73. The Bertz CT molecular complexity index is 2030. The van der Waals surface area contributed by atoms with E-state index in [-0.39, 0.29) is 6.61 Å². The lowest BCUT2D eigenvalue weighted by Gasteiger charge is -2.35. The van der Waals surface area contributed by atoms with Crippen LogP contribution in [0.4, 0.5) is 5.69 Å². The van der Waals surface area contributed by atoms with Crippen molar-refractivity contribution in [2.75, 3.05) is 185 Å². The number of hydrogen-bond donors (Lipinski definition) is 1. The van der Waals surface area contributed by atoms with Gasteiger partial charge in [-0.25, -0.2) is 0 Å². The van der Waals surface area contributed by atoms with Gasteiger partial charge in [0.05, 0.1) is 170 Å². The molecule has 4 aromatic rings. The highest BCUT2D eigenvalue weighted by molar-refractivity contribution is 5.87. The minimum Gasteiger partial charge on any atom is -0.489 e. The minimum absolute atomic E-state index is 0.0144. The second-order valence-electron chi connectivity index (χ2n) is 17.3. The fourth-order valence-corrected chi connectivity index (χ4v) is 8.31. The van der Waals surface area contributed by atoms with Crippen molar-refractivity contribution in [2.24, 2.45) is 0 Å². The molecule has 0 fully saturated rings. The zero-order valence-electron chi connectivity index (χ0n) is 43.3. The minimum atomic E-state index is -0.643. The normalized spacial score (nSPS) is 12.7. The topological polar surface area (TPSA) is 143 Å². The Balaban J connectivity index is 1.16. The van der Waals surface area contributed by atoms with Crippen LogP contribution >= 0.6 is 0 Å². The van der Waals surface area contributed by atoms with Crippen molar-refractivity contribution in [2.45, 2.75) is 32.8 Å². The number of aryl methyl sites for hydroxylation is 3. The summed E-state index contributed by atoms with van der Waals surface area (Å²) in [6, 6.07) is 27.2. The van der Waals surface area contributed by atoms with Crippen molar-refractivity contribution in [3.63, 3.8) is 0 Å². The molecule has 0 radical (unpaired) electrons. The van der Waals surface area contributed by atoms with Gasteiger partial charge in [-0.1, -0.05) is 71.8 Å². The average Bonchev–Trinajstić information content (AvgIpc) is 3.64. The van der Waals surface area contributed by atoms with Gasteiger partial charge < -0.3 is 71.6 Å². The Labute approximate surface area is 422 Å². The van der Waals surface area contributed by atoms with Gasteiger partial charge in [0.2, 0.25) is 0 Å². The highest BCUT2D eigenvalue weighted by atomic mass is 16.6. The number of benzene rings is 4. The quantitative estimate of drug-likeness (QED) is 0.0413. The zero-order valence-corrected chi connectivity index (χ0v) is 43.3. The molecule has 0 bridgehead atoms. The highest BCUT2D eigenvalue weighted by Gasteiger charge is 2.47. The molecule has 1 N–H and O–H groups in total. The molecule has 15 nitrogen and oxygen atoms in total. The lowest BCUT2D eigenvalue weighted by atomic mass is 9.67. The van der Waals surface area contributed by atoms with Crippen LogP contribution in [0.15, 0.2) is 72.8 Å². The first-order valence-electron chi connectivity index (χ1n) is 25.0. The van der Waals surface area contributed by atoms with Crippen LogP contribution < -0.4 is 9.64 Å². The van der Waals surface area contributed by atoms with Crippen molar-refractivity contribution in [3.05, 3.63) is 117 Å². The SMILES string of the molecule is COCCOCCOCCOCCOCCOCCOc1cc(C2(c3ccc(C)c(COCCOCCOCCOCCOCCOCCO)c3)c3cc(C)ccc3-c3ccc(C)cc32)ccc1N(C)C. The molecule has 1 aliphatic carbocycles. The van der Waals surface area contributed by atoms with Crippen LogP contribution in [-0.2, 0) is 68.9 Å². The third-order valence-electron chi connectivity index (χ3n) is 11.9. The predicted molar refractivity (Wildman–Crippen MR) is 275 cm³/mol. The maximum atomic E-state index is 8.73. The first-order chi connectivity index (χ1) is 34.8. The van der Waals surface area contributed by atoms with Gasteiger partial charge >= 0.3 is 0 Å². The Morgan fingerprint density at radius 2 is 0.817 bits per heavy atom. The molecule has 0 aliphatic heterocycles. The van der Waals surface area contributed by atoms with E-state index in [2.05, 4.69) is 98.5 Å². The smallest absolute Gasteiger partial charge is 0.143 e. The number of aliphatic hydroxyl groups is 1. The molecule has 0 aromatic heterocycles. The zero-order chi connectivity index (χ0) is 50.4. The van der Waals surface area contributed by atoms with Crippen LogP contribution in [0.25, 0.3) is 11.1 Å². The van der Waals surface area contributed by atoms with E-state index in [1.807, 2.05) is 14.1 Å². The summed E-state index contributed by atoms with van der Waals surface area (Å²) in [5, 5.41) is 8.73. The third-order valence-corrected chi connectivity index (χ3v) is 11.9. The summed E-state index contributed by atoms with van der Waals surface area (Å²) >= 11 is 0. The summed E-state index contributed by atoms with van der Waals surface area (Å²) < 4.78 is 73.6. The number of nitrogens with zero attached hydrogens (tertiary/aromatic N) is 1. The Morgan fingerprint density at radius 3 is 1.25 bits per heavy atom. The van der Waals surface area contributed by atoms with Crippen LogP contribution in [0.5, 0.6) is 5.75 Å². The van der Waals surface area contributed by atoms with Crippen molar-refractivity contribution in [3.8, 4) is 16.9 Å². The van der Waals surface area contributed by atoms with Gasteiger partial charge in [0.15, 0.2) is 0 Å². The Hall–Kier alpha value is -4.04. The summed E-state index contributed by atoms with van der Waals surface area (Å²) in [4.78, 5) is 2.09.